The van der Waals surface area contributed by atoms with Gasteiger partial charge in [0.25, 0.3) is 5.69 Å². The van der Waals surface area contributed by atoms with Crippen molar-refractivity contribution in [1.82, 2.24) is 0 Å². The summed E-state index contributed by atoms with van der Waals surface area (Å²) >= 11 is 0. The average molecular weight is 285 g/mol. The second-order valence-electron chi connectivity index (χ2n) is 4.27. The number of nitrogens with zero attached hydrogens (tertiary/aromatic N) is 2. The number of hydrogen-bond acceptors (Lipinski definition) is 6. The molecule has 0 aliphatic carbocycles. The fourth-order valence-corrected chi connectivity index (χ4v) is 1.79. The molecule has 0 heterocycles. The number of nitro groups is 1. The Bertz CT molecular complexity index is 737. The van der Waals surface area contributed by atoms with E-state index in [1.165, 1.54) is 36.4 Å². The van der Waals surface area contributed by atoms with Crippen LogP contribution in [-0.2, 0) is 6.54 Å². The van der Waals surface area contributed by atoms with Crippen LogP contribution in [0.2, 0.25) is 0 Å². The van der Waals surface area contributed by atoms with Gasteiger partial charge in [0.1, 0.15) is 17.2 Å². The monoisotopic (exact) mass is 285 g/mol. The first-order valence-corrected chi connectivity index (χ1v) is 5.94. The Morgan fingerprint density at radius 1 is 1.24 bits per heavy atom. The molecule has 2 aromatic rings. The second-order valence-corrected chi connectivity index (χ2v) is 4.27. The quantitative estimate of drug-likeness (QED) is 0.586. The highest BCUT2D eigenvalue weighted by Crippen LogP contribution is 2.28. The third-order valence-electron chi connectivity index (χ3n) is 2.86. The molecule has 0 aromatic heterocycles. The lowest BCUT2D eigenvalue weighted by Crippen LogP contribution is -2.03. The second kappa shape index (κ2) is 5.79. The molecule has 7 heteroatoms. The number of nitrogens with one attached hydrogen (secondary N) is 1. The first-order chi connectivity index (χ1) is 10.0. The van der Waals surface area contributed by atoms with Crippen molar-refractivity contribution in [3.05, 3.63) is 57.6 Å². The zero-order chi connectivity index (χ0) is 15.4. The van der Waals surface area contributed by atoms with E-state index in [2.05, 4.69) is 5.32 Å². The first-order valence-electron chi connectivity index (χ1n) is 5.94. The van der Waals surface area contributed by atoms with Crippen LogP contribution in [0.5, 0.6) is 11.5 Å². The van der Waals surface area contributed by atoms with Crippen LogP contribution in [0.15, 0.2) is 36.4 Å². The van der Waals surface area contributed by atoms with Gasteiger partial charge in [-0.15, -0.1) is 0 Å². The minimum atomic E-state index is -0.583. The zero-order valence-corrected chi connectivity index (χ0v) is 10.8. The van der Waals surface area contributed by atoms with Crippen molar-refractivity contribution in [3.63, 3.8) is 0 Å². The minimum absolute atomic E-state index is 0.0689. The minimum Gasteiger partial charge on any atom is -0.508 e. The van der Waals surface area contributed by atoms with E-state index in [4.69, 9.17) is 5.26 Å². The summed E-state index contributed by atoms with van der Waals surface area (Å²) in [6, 6.07) is 10.0. The van der Waals surface area contributed by atoms with Gasteiger partial charge in [0.2, 0.25) is 0 Å². The third kappa shape index (κ3) is 3.19. The van der Waals surface area contributed by atoms with E-state index in [-0.39, 0.29) is 35.0 Å². The van der Waals surface area contributed by atoms with Gasteiger partial charge in [-0.25, -0.2) is 0 Å². The lowest BCUT2D eigenvalue weighted by Gasteiger charge is -2.09. The molecule has 0 bridgehead atoms. The molecule has 0 aliphatic heterocycles. The predicted octanol–water partition coefficient (Wildman–Crippen LogP) is 2.49. The molecule has 0 atom stereocenters. The number of benzene rings is 2. The lowest BCUT2D eigenvalue weighted by atomic mass is 10.1. The highest BCUT2D eigenvalue weighted by Gasteiger charge is 2.15. The maximum absolute atomic E-state index is 11.0. The molecule has 21 heavy (non-hydrogen) atoms. The molecular weight excluding hydrogens is 274 g/mol. The van der Waals surface area contributed by atoms with Crippen LogP contribution in [0, 0.1) is 21.4 Å². The number of nitriles is 1. The maximum atomic E-state index is 11.0. The fourth-order valence-electron chi connectivity index (χ4n) is 1.79. The van der Waals surface area contributed by atoms with E-state index < -0.39 is 4.92 Å². The molecule has 0 fully saturated rings. The van der Waals surface area contributed by atoms with Gasteiger partial charge in [-0.1, -0.05) is 0 Å². The van der Waals surface area contributed by atoms with E-state index >= 15 is 0 Å². The summed E-state index contributed by atoms with van der Waals surface area (Å²) in [5, 5.41) is 41.4. The largest absolute Gasteiger partial charge is 0.508 e. The van der Waals surface area contributed by atoms with Crippen molar-refractivity contribution >= 4 is 11.4 Å². The van der Waals surface area contributed by atoms with Crippen LogP contribution in [0.3, 0.4) is 0 Å². The van der Waals surface area contributed by atoms with Crippen molar-refractivity contribution in [3.8, 4) is 17.6 Å². The molecule has 0 spiro atoms. The van der Waals surface area contributed by atoms with Crippen LogP contribution < -0.4 is 5.32 Å². The SMILES string of the molecule is N#Cc1ccc(NCc2ccc(O)cc2O)c([N+](=O)[O-])c1. The summed E-state index contributed by atoms with van der Waals surface area (Å²) < 4.78 is 0. The number of rotatable bonds is 4. The molecule has 0 radical (unpaired) electrons. The summed E-state index contributed by atoms with van der Waals surface area (Å²) in [6.07, 6.45) is 0. The van der Waals surface area contributed by atoms with Crippen molar-refractivity contribution in [2.45, 2.75) is 6.54 Å². The van der Waals surface area contributed by atoms with Crippen LogP contribution >= 0.6 is 0 Å². The van der Waals surface area contributed by atoms with Gasteiger partial charge in [0.15, 0.2) is 0 Å². The van der Waals surface area contributed by atoms with Gasteiger partial charge in [-0.2, -0.15) is 5.26 Å². The van der Waals surface area contributed by atoms with Crippen molar-refractivity contribution in [2.24, 2.45) is 0 Å². The average Bonchev–Trinajstić information content (AvgIpc) is 2.46. The van der Waals surface area contributed by atoms with Crippen LogP contribution in [0.1, 0.15) is 11.1 Å². The van der Waals surface area contributed by atoms with Crippen LogP contribution in [0.25, 0.3) is 0 Å². The van der Waals surface area contributed by atoms with Crippen molar-refractivity contribution in [2.75, 3.05) is 5.32 Å². The number of nitro benzene ring substituents is 1. The molecule has 106 valence electrons. The highest BCUT2D eigenvalue weighted by molar-refractivity contribution is 5.64. The van der Waals surface area contributed by atoms with Gasteiger partial charge < -0.3 is 15.5 Å². The molecule has 0 saturated carbocycles. The summed E-state index contributed by atoms with van der Waals surface area (Å²) in [5.74, 6) is -0.181. The molecular formula is C14H11N3O4. The van der Waals surface area contributed by atoms with Crippen molar-refractivity contribution in [1.29, 1.82) is 5.26 Å². The van der Waals surface area contributed by atoms with Gasteiger partial charge in [0, 0.05) is 24.2 Å². The van der Waals surface area contributed by atoms with E-state index in [0.717, 1.165) is 0 Å². The molecule has 0 aliphatic rings. The van der Waals surface area contributed by atoms with E-state index in [9.17, 15) is 20.3 Å². The Labute approximate surface area is 119 Å². The zero-order valence-electron chi connectivity index (χ0n) is 10.8. The Kier molecular flexibility index (Phi) is 3.90. The molecule has 0 unspecified atom stereocenters. The normalized spacial score (nSPS) is 9.86. The van der Waals surface area contributed by atoms with Gasteiger partial charge in [-0.3, -0.25) is 10.1 Å². The fraction of sp³-hybridized carbons (Fsp3) is 0.0714. The highest BCUT2D eigenvalue weighted by atomic mass is 16.6. The Balaban J connectivity index is 2.24. The smallest absolute Gasteiger partial charge is 0.293 e. The Hall–Kier alpha value is -3.27. The molecule has 2 rings (SSSR count). The van der Waals surface area contributed by atoms with Gasteiger partial charge in [0.05, 0.1) is 16.6 Å². The lowest BCUT2D eigenvalue weighted by molar-refractivity contribution is -0.384. The maximum Gasteiger partial charge on any atom is 0.293 e. The molecule has 7 nitrogen and oxygen atoms in total. The summed E-state index contributed by atoms with van der Waals surface area (Å²) in [7, 11) is 0. The standard InChI is InChI=1S/C14H11N3O4/c15-7-9-1-4-12(13(5-9)17(20)21)16-8-10-2-3-11(18)6-14(10)19/h1-6,16,18-19H,8H2. The van der Waals surface area contributed by atoms with E-state index in [1.807, 2.05) is 6.07 Å². The summed E-state index contributed by atoms with van der Waals surface area (Å²) in [4.78, 5) is 10.4. The van der Waals surface area contributed by atoms with Crippen LogP contribution in [0.4, 0.5) is 11.4 Å². The number of anilines is 1. The first kappa shape index (κ1) is 14.1. The topological polar surface area (TPSA) is 119 Å². The molecule has 0 saturated heterocycles. The van der Waals surface area contributed by atoms with Gasteiger partial charge in [-0.05, 0) is 24.3 Å². The molecule has 3 N–H and O–H groups in total. The molecule has 2 aromatic carbocycles. The third-order valence-corrected chi connectivity index (χ3v) is 2.86. The Morgan fingerprint density at radius 3 is 2.62 bits per heavy atom. The molecule has 0 amide bonds. The number of aromatic hydroxyl groups is 2. The number of phenols is 2. The van der Waals surface area contributed by atoms with E-state index in [1.54, 1.807) is 0 Å². The Morgan fingerprint density at radius 2 is 2.00 bits per heavy atom. The van der Waals surface area contributed by atoms with Crippen molar-refractivity contribution < 1.29 is 15.1 Å². The predicted molar refractivity (Wildman–Crippen MR) is 74.9 cm³/mol. The van der Waals surface area contributed by atoms with E-state index in [0.29, 0.717) is 5.56 Å². The van der Waals surface area contributed by atoms with Gasteiger partial charge >= 0.3 is 0 Å². The number of phenolic OH excluding ortho intramolecular Hbond substituents is 2. The summed E-state index contributed by atoms with van der Waals surface area (Å²) in [6.45, 7) is 0.138. The number of hydrogen-bond donors (Lipinski definition) is 3. The van der Waals surface area contributed by atoms with Crippen LogP contribution in [-0.4, -0.2) is 15.1 Å². The summed E-state index contributed by atoms with van der Waals surface area (Å²) in [5.41, 5.74) is 0.699.